The molecule has 1 unspecified atom stereocenters. The van der Waals surface area contributed by atoms with Gasteiger partial charge < -0.3 is 34.5 Å². The lowest BCUT2D eigenvalue weighted by molar-refractivity contribution is -0.121. The number of fused-ring (bicyclic) bond motifs is 1. The molecule has 1 saturated heterocycles. The Kier molecular flexibility index (Phi) is 8.39. The van der Waals surface area contributed by atoms with Crippen molar-refractivity contribution in [3.8, 4) is 11.5 Å². The highest BCUT2D eigenvalue weighted by Crippen LogP contribution is 2.30. The minimum atomic E-state index is -0.248. The molecule has 0 spiro atoms. The Morgan fingerprint density at radius 1 is 1.08 bits per heavy atom. The molecule has 12 heteroatoms. The van der Waals surface area contributed by atoms with E-state index in [-0.39, 0.29) is 24.4 Å². The van der Waals surface area contributed by atoms with Crippen LogP contribution >= 0.6 is 0 Å². The average molecular weight is 535 g/mol. The van der Waals surface area contributed by atoms with Crippen LogP contribution in [0.3, 0.4) is 0 Å². The normalized spacial score (nSPS) is 16.6. The minimum absolute atomic E-state index is 0.108. The standard InChI is InChI=1S/C27H34N8O4/c1-2-6-30-27(37)34-10-11-35(25-5-7-29-24(32-25)18-33-9-8-28-19-33)21(17-34)15-26(36)31-16-20-3-4-22-23(14-20)39-13-12-38-22/h3-5,7-9,14,19,21H,2,6,10-13,15-18H2,1H3,(H,30,37)(H,31,36). The van der Waals surface area contributed by atoms with Gasteiger partial charge in [0.1, 0.15) is 24.9 Å². The van der Waals surface area contributed by atoms with Crippen molar-refractivity contribution in [3.63, 3.8) is 0 Å². The molecule has 2 aliphatic heterocycles. The Hall–Kier alpha value is -4.35. The van der Waals surface area contributed by atoms with Crippen LogP contribution in [0.1, 0.15) is 31.2 Å². The van der Waals surface area contributed by atoms with Crippen LogP contribution in [0.15, 0.2) is 49.2 Å². The molecule has 2 aliphatic rings. The van der Waals surface area contributed by atoms with E-state index >= 15 is 0 Å². The summed E-state index contributed by atoms with van der Waals surface area (Å²) in [4.78, 5) is 43.0. The molecule has 0 bridgehead atoms. The van der Waals surface area contributed by atoms with E-state index in [2.05, 4.69) is 25.5 Å². The van der Waals surface area contributed by atoms with Gasteiger partial charge in [0.2, 0.25) is 5.91 Å². The van der Waals surface area contributed by atoms with Crippen LogP contribution in [-0.2, 0) is 17.9 Å². The number of benzene rings is 1. The molecular formula is C27H34N8O4. The maximum Gasteiger partial charge on any atom is 0.317 e. The summed E-state index contributed by atoms with van der Waals surface area (Å²) in [6, 6.07) is 7.17. The molecule has 206 valence electrons. The molecule has 0 saturated carbocycles. The lowest BCUT2D eigenvalue weighted by Crippen LogP contribution is -2.58. The Morgan fingerprint density at radius 2 is 1.95 bits per heavy atom. The van der Waals surface area contributed by atoms with Crippen molar-refractivity contribution in [2.45, 2.75) is 38.9 Å². The summed E-state index contributed by atoms with van der Waals surface area (Å²) >= 11 is 0. The number of rotatable bonds is 9. The summed E-state index contributed by atoms with van der Waals surface area (Å²) < 4.78 is 13.1. The number of aromatic nitrogens is 4. The largest absolute Gasteiger partial charge is 0.486 e. The van der Waals surface area contributed by atoms with Gasteiger partial charge in [-0.3, -0.25) is 4.79 Å². The molecule has 1 aromatic carbocycles. The number of carbonyl (C=O) groups excluding carboxylic acids is 2. The SMILES string of the molecule is CCCNC(=O)N1CCN(c2ccnc(Cn3ccnc3)n2)C(CC(=O)NCc2ccc3c(c2)OCCO3)C1. The number of anilines is 1. The predicted molar refractivity (Wildman–Crippen MR) is 144 cm³/mol. The van der Waals surface area contributed by atoms with Crippen LogP contribution in [0.25, 0.3) is 0 Å². The first-order valence-corrected chi connectivity index (χ1v) is 13.3. The van der Waals surface area contributed by atoms with Gasteiger partial charge in [-0.2, -0.15) is 0 Å². The second-order valence-electron chi connectivity index (χ2n) is 9.55. The zero-order chi connectivity index (χ0) is 27.0. The van der Waals surface area contributed by atoms with Crippen LogP contribution in [0.2, 0.25) is 0 Å². The molecule has 0 aliphatic carbocycles. The number of hydrogen-bond acceptors (Lipinski definition) is 8. The minimum Gasteiger partial charge on any atom is -0.486 e. The summed E-state index contributed by atoms with van der Waals surface area (Å²) in [6.45, 7) is 6.04. The third-order valence-electron chi connectivity index (χ3n) is 6.68. The number of imidazole rings is 1. The molecule has 3 amide bonds. The highest BCUT2D eigenvalue weighted by atomic mass is 16.6. The molecule has 3 aromatic rings. The van der Waals surface area contributed by atoms with Gasteiger partial charge in [0.05, 0.1) is 18.9 Å². The molecule has 4 heterocycles. The smallest absolute Gasteiger partial charge is 0.317 e. The lowest BCUT2D eigenvalue weighted by Gasteiger charge is -2.42. The van der Waals surface area contributed by atoms with Crippen LogP contribution < -0.4 is 25.0 Å². The Bertz CT molecular complexity index is 1270. The first kappa shape index (κ1) is 26.3. The van der Waals surface area contributed by atoms with E-state index in [1.165, 1.54) is 0 Å². The molecular weight excluding hydrogens is 500 g/mol. The van der Waals surface area contributed by atoms with Gasteiger partial charge in [-0.1, -0.05) is 13.0 Å². The van der Waals surface area contributed by atoms with E-state index in [0.29, 0.717) is 69.8 Å². The number of urea groups is 1. The fraction of sp³-hybridized carbons (Fsp3) is 0.444. The van der Waals surface area contributed by atoms with Gasteiger partial charge in [0.25, 0.3) is 0 Å². The van der Waals surface area contributed by atoms with E-state index in [9.17, 15) is 9.59 Å². The van der Waals surface area contributed by atoms with E-state index in [1.807, 2.05) is 42.0 Å². The molecule has 1 atom stereocenters. The van der Waals surface area contributed by atoms with Crippen molar-refractivity contribution in [1.29, 1.82) is 0 Å². The Morgan fingerprint density at radius 3 is 2.77 bits per heavy atom. The second kappa shape index (κ2) is 12.5. The maximum atomic E-state index is 13.1. The number of nitrogens with zero attached hydrogens (tertiary/aromatic N) is 6. The van der Waals surface area contributed by atoms with Gasteiger partial charge in [-0.15, -0.1) is 0 Å². The van der Waals surface area contributed by atoms with Crippen molar-refractivity contribution >= 4 is 17.8 Å². The Labute approximate surface area is 227 Å². The number of piperazine rings is 1. The first-order chi connectivity index (χ1) is 19.1. The third-order valence-corrected chi connectivity index (χ3v) is 6.68. The number of ether oxygens (including phenoxy) is 2. The highest BCUT2D eigenvalue weighted by Gasteiger charge is 2.32. The van der Waals surface area contributed by atoms with Crippen LogP contribution in [0, 0.1) is 0 Å². The zero-order valence-electron chi connectivity index (χ0n) is 22.1. The van der Waals surface area contributed by atoms with E-state index in [1.54, 1.807) is 23.6 Å². The summed E-state index contributed by atoms with van der Waals surface area (Å²) in [5.74, 6) is 2.68. The van der Waals surface area contributed by atoms with Crippen LogP contribution in [-0.4, -0.2) is 81.8 Å². The molecule has 39 heavy (non-hydrogen) atoms. The molecule has 2 N–H and O–H groups in total. The van der Waals surface area contributed by atoms with Crippen molar-refractivity contribution in [2.75, 3.05) is 44.3 Å². The van der Waals surface area contributed by atoms with E-state index < -0.39 is 0 Å². The number of nitrogens with one attached hydrogen (secondary N) is 2. The highest BCUT2D eigenvalue weighted by molar-refractivity contribution is 5.78. The molecule has 2 aromatic heterocycles. The summed E-state index contributed by atoms with van der Waals surface area (Å²) in [7, 11) is 0. The van der Waals surface area contributed by atoms with Gasteiger partial charge in [-0.05, 0) is 30.2 Å². The second-order valence-corrected chi connectivity index (χ2v) is 9.55. The summed E-state index contributed by atoms with van der Waals surface area (Å²) in [5, 5.41) is 5.97. The van der Waals surface area contributed by atoms with Gasteiger partial charge in [0, 0.05) is 57.7 Å². The van der Waals surface area contributed by atoms with Gasteiger partial charge in [0.15, 0.2) is 11.5 Å². The monoisotopic (exact) mass is 534 g/mol. The molecule has 0 radical (unpaired) electrons. The van der Waals surface area contributed by atoms with Gasteiger partial charge in [-0.25, -0.2) is 19.7 Å². The fourth-order valence-corrected chi connectivity index (χ4v) is 4.71. The lowest BCUT2D eigenvalue weighted by atomic mass is 10.1. The topological polar surface area (TPSA) is 127 Å². The third kappa shape index (κ3) is 6.75. The number of carbonyl (C=O) groups is 2. The molecule has 5 rings (SSSR count). The fourth-order valence-electron chi connectivity index (χ4n) is 4.71. The first-order valence-electron chi connectivity index (χ1n) is 13.3. The summed E-state index contributed by atoms with van der Waals surface area (Å²) in [6.07, 6.45) is 8.10. The molecule has 1 fully saturated rings. The Balaban J connectivity index is 1.27. The summed E-state index contributed by atoms with van der Waals surface area (Å²) in [5.41, 5.74) is 0.925. The molecule has 12 nitrogen and oxygen atoms in total. The predicted octanol–water partition coefficient (Wildman–Crippen LogP) is 1.81. The van der Waals surface area contributed by atoms with Crippen LogP contribution in [0.5, 0.6) is 11.5 Å². The number of amides is 3. The maximum absolute atomic E-state index is 13.1. The van der Waals surface area contributed by atoms with E-state index in [0.717, 1.165) is 17.8 Å². The van der Waals surface area contributed by atoms with Crippen LogP contribution in [0.4, 0.5) is 10.6 Å². The average Bonchev–Trinajstić information content (AvgIpc) is 3.48. The zero-order valence-corrected chi connectivity index (χ0v) is 22.1. The van der Waals surface area contributed by atoms with Crippen molar-refractivity contribution in [2.24, 2.45) is 0 Å². The quantitative estimate of drug-likeness (QED) is 0.426. The van der Waals surface area contributed by atoms with Crippen molar-refractivity contribution in [3.05, 3.63) is 60.6 Å². The van der Waals surface area contributed by atoms with Crippen molar-refractivity contribution in [1.82, 2.24) is 35.1 Å². The number of hydrogen-bond donors (Lipinski definition) is 2. The van der Waals surface area contributed by atoms with Gasteiger partial charge >= 0.3 is 6.03 Å². The van der Waals surface area contributed by atoms with E-state index in [4.69, 9.17) is 14.5 Å². The van der Waals surface area contributed by atoms with Crippen molar-refractivity contribution < 1.29 is 19.1 Å².